The molecule has 0 bridgehead atoms. The monoisotopic (exact) mass is 328 g/mol. The van der Waals surface area contributed by atoms with Gasteiger partial charge in [-0.25, -0.2) is 4.79 Å². The van der Waals surface area contributed by atoms with Crippen molar-refractivity contribution in [3.63, 3.8) is 0 Å². The van der Waals surface area contributed by atoms with Crippen molar-refractivity contribution in [1.29, 1.82) is 0 Å². The van der Waals surface area contributed by atoms with E-state index in [1.165, 1.54) is 6.08 Å². The molecule has 0 saturated carbocycles. The molecule has 0 saturated heterocycles. The predicted octanol–water partition coefficient (Wildman–Crippen LogP) is 4.75. The fraction of sp³-hybridized carbons (Fsp3) is 0.0870. The highest BCUT2D eigenvalue weighted by atomic mass is 16.5. The second-order valence-electron chi connectivity index (χ2n) is 5.82. The lowest BCUT2D eigenvalue weighted by Gasteiger charge is -2.35. The number of benzene rings is 3. The molecule has 0 spiro atoms. The van der Waals surface area contributed by atoms with Crippen molar-refractivity contribution >= 4 is 5.97 Å². The molecular weight excluding hydrogens is 308 g/mol. The molecule has 3 rings (SSSR count). The van der Waals surface area contributed by atoms with E-state index in [1.807, 2.05) is 54.6 Å². The van der Waals surface area contributed by atoms with Crippen molar-refractivity contribution in [1.82, 2.24) is 0 Å². The predicted molar refractivity (Wildman–Crippen MR) is 100 cm³/mol. The summed E-state index contributed by atoms with van der Waals surface area (Å²) in [7, 11) is 0. The number of hydrogen-bond donors (Lipinski definition) is 0. The van der Waals surface area contributed by atoms with Gasteiger partial charge in [-0.15, -0.1) is 0 Å². The van der Waals surface area contributed by atoms with E-state index in [2.05, 4.69) is 43.0 Å². The molecule has 2 heteroatoms. The van der Waals surface area contributed by atoms with E-state index in [0.29, 0.717) is 0 Å². The first kappa shape index (κ1) is 16.7. The standard InChI is InChI=1S/C23H20O2/c1-2-22(24)25-18-23(19-12-6-3-7-13-19,20-14-8-4-9-15-20)21-16-10-5-11-17-21/h2-17H,1,18H2. The number of carbonyl (C=O) groups is 1. The van der Waals surface area contributed by atoms with Crippen molar-refractivity contribution in [3.8, 4) is 0 Å². The minimum absolute atomic E-state index is 0.204. The maximum atomic E-state index is 11.8. The van der Waals surface area contributed by atoms with Gasteiger partial charge in [0.05, 0.1) is 5.41 Å². The largest absolute Gasteiger partial charge is 0.461 e. The number of ether oxygens (including phenoxy) is 1. The van der Waals surface area contributed by atoms with Gasteiger partial charge in [-0.1, -0.05) is 97.6 Å². The highest BCUT2D eigenvalue weighted by Gasteiger charge is 2.37. The molecule has 0 N–H and O–H groups in total. The van der Waals surface area contributed by atoms with Crippen LogP contribution in [0.3, 0.4) is 0 Å². The van der Waals surface area contributed by atoms with Crippen LogP contribution in [0.5, 0.6) is 0 Å². The molecule has 0 heterocycles. The zero-order valence-electron chi connectivity index (χ0n) is 14.0. The van der Waals surface area contributed by atoms with Gasteiger partial charge >= 0.3 is 5.97 Å². The molecular formula is C23H20O2. The fourth-order valence-corrected chi connectivity index (χ4v) is 3.16. The smallest absolute Gasteiger partial charge is 0.330 e. The summed E-state index contributed by atoms with van der Waals surface area (Å²) in [4.78, 5) is 11.8. The van der Waals surface area contributed by atoms with Crippen LogP contribution in [0, 0.1) is 0 Å². The van der Waals surface area contributed by atoms with E-state index in [-0.39, 0.29) is 6.61 Å². The minimum atomic E-state index is -0.581. The van der Waals surface area contributed by atoms with Crippen molar-refractivity contribution in [2.45, 2.75) is 5.41 Å². The molecule has 0 aliphatic carbocycles. The molecule has 0 amide bonds. The summed E-state index contributed by atoms with van der Waals surface area (Å²) in [6.07, 6.45) is 1.20. The Bertz CT molecular complexity index is 727. The van der Waals surface area contributed by atoms with Crippen LogP contribution < -0.4 is 0 Å². The SMILES string of the molecule is C=CC(=O)OCC(c1ccccc1)(c1ccccc1)c1ccccc1. The first-order valence-electron chi connectivity index (χ1n) is 8.23. The first-order chi connectivity index (χ1) is 12.3. The van der Waals surface area contributed by atoms with Crippen molar-refractivity contribution in [2.24, 2.45) is 0 Å². The van der Waals surface area contributed by atoms with E-state index >= 15 is 0 Å². The van der Waals surface area contributed by atoms with Crippen LogP contribution >= 0.6 is 0 Å². The van der Waals surface area contributed by atoms with Crippen LogP contribution in [0.15, 0.2) is 104 Å². The molecule has 0 fully saturated rings. The van der Waals surface area contributed by atoms with E-state index in [9.17, 15) is 4.79 Å². The molecule has 0 aromatic heterocycles. The summed E-state index contributed by atoms with van der Waals surface area (Å²) in [5.74, 6) is -0.424. The summed E-state index contributed by atoms with van der Waals surface area (Å²) >= 11 is 0. The number of carbonyl (C=O) groups excluding carboxylic acids is 1. The maximum absolute atomic E-state index is 11.8. The molecule has 0 unspecified atom stereocenters. The van der Waals surface area contributed by atoms with E-state index in [0.717, 1.165) is 16.7 Å². The van der Waals surface area contributed by atoms with E-state index in [1.54, 1.807) is 0 Å². The van der Waals surface area contributed by atoms with Gasteiger partial charge in [0.1, 0.15) is 6.61 Å². The maximum Gasteiger partial charge on any atom is 0.330 e. The second kappa shape index (κ2) is 7.63. The van der Waals surface area contributed by atoms with Gasteiger partial charge in [0.15, 0.2) is 0 Å². The fourth-order valence-electron chi connectivity index (χ4n) is 3.16. The molecule has 124 valence electrons. The number of hydrogen-bond acceptors (Lipinski definition) is 2. The Morgan fingerprint density at radius 1 is 0.760 bits per heavy atom. The van der Waals surface area contributed by atoms with Gasteiger partial charge in [-0.3, -0.25) is 0 Å². The highest BCUT2D eigenvalue weighted by Crippen LogP contribution is 2.39. The van der Waals surface area contributed by atoms with Crippen LogP contribution in [0.4, 0.5) is 0 Å². The van der Waals surface area contributed by atoms with Crippen molar-refractivity contribution < 1.29 is 9.53 Å². The van der Waals surface area contributed by atoms with Crippen LogP contribution in [0.2, 0.25) is 0 Å². The summed E-state index contributed by atoms with van der Waals surface area (Å²) in [5, 5.41) is 0. The van der Waals surface area contributed by atoms with E-state index < -0.39 is 11.4 Å². The quantitative estimate of drug-likeness (QED) is 0.371. The minimum Gasteiger partial charge on any atom is -0.461 e. The van der Waals surface area contributed by atoms with Crippen LogP contribution in [0.25, 0.3) is 0 Å². The number of rotatable bonds is 6. The topological polar surface area (TPSA) is 26.3 Å². The third kappa shape index (κ3) is 3.38. The lowest BCUT2D eigenvalue weighted by molar-refractivity contribution is -0.138. The molecule has 0 aliphatic rings. The Hall–Kier alpha value is -3.13. The van der Waals surface area contributed by atoms with Gasteiger partial charge in [0, 0.05) is 6.08 Å². The third-order valence-corrected chi connectivity index (χ3v) is 4.40. The van der Waals surface area contributed by atoms with Gasteiger partial charge in [0.2, 0.25) is 0 Å². The van der Waals surface area contributed by atoms with Crippen molar-refractivity contribution in [2.75, 3.05) is 6.61 Å². The molecule has 0 radical (unpaired) electrons. The Morgan fingerprint density at radius 2 is 1.12 bits per heavy atom. The normalized spacial score (nSPS) is 10.9. The lowest BCUT2D eigenvalue weighted by atomic mass is 9.70. The summed E-state index contributed by atoms with van der Waals surface area (Å²) in [5.41, 5.74) is 2.64. The lowest BCUT2D eigenvalue weighted by Crippen LogP contribution is -2.35. The Kier molecular flexibility index (Phi) is 5.10. The Morgan fingerprint density at radius 3 is 1.44 bits per heavy atom. The first-order valence-corrected chi connectivity index (χ1v) is 8.23. The highest BCUT2D eigenvalue weighted by molar-refractivity contribution is 5.81. The van der Waals surface area contributed by atoms with Crippen LogP contribution in [-0.2, 0) is 14.9 Å². The molecule has 0 aliphatic heterocycles. The van der Waals surface area contributed by atoms with Crippen molar-refractivity contribution in [3.05, 3.63) is 120 Å². The Balaban J connectivity index is 2.23. The van der Waals surface area contributed by atoms with Crippen LogP contribution in [-0.4, -0.2) is 12.6 Å². The van der Waals surface area contributed by atoms with Crippen LogP contribution in [0.1, 0.15) is 16.7 Å². The number of esters is 1. The Labute approximate surface area is 148 Å². The molecule has 25 heavy (non-hydrogen) atoms. The zero-order valence-corrected chi connectivity index (χ0v) is 14.0. The third-order valence-electron chi connectivity index (χ3n) is 4.40. The second-order valence-corrected chi connectivity index (χ2v) is 5.82. The van der Waals surface area contributed by atoms with Gasteiger partial charge in [0.25, 0.3) is 0 Å². The summed E-state index contributed by atoms with van der Waals surface area (Å²) in [6.45, 7) is 3.71. The van der Waals surface area contributed by atoms with Gasteiger partial charge < -0.3 is 4.74 Å². The molecule has 2 nitrogen and oxygen atoms in total. The molecule has 3 aromatic carbocycles. The molecule has 3 aromatic rings. The summed E-state index contributed by atoms with van der Waals surface area (Å²) < 4.78 is 5.56. The van der Waals surface area contributed by atoms with Gasteiger partial charge in [-0.05, 0) is 16.7 Å². The van der Waals surface area contributed by atoms with Gasteiger partial charge in [-0.2, -0.15) is 0 Å². The molecule has 0 atom stereocenters. The zero-order chi connectivity index (χ0) is 17.5. The average molecular weight is 328 g/mol. The summed E-state index contributed by atoms with van der Waals surface area (Å²) in [6, 6.07) is 30.4. The van der Waals surface area contributed by atoms with E-state index in [4.69, 9.17) is 4.74 Å². The average Bonchev–Trinajstić information content (AvgIpc) is 2.71.